The van der Waals surface area contributed by atoms with Gasteiger partial charge in [-0.25, -0.2) is 13.4 Å². The lowest BCUT2D eigenvalue weighted by atomic mass is 10.1. The van der Waals surface area contributed by atoms with Gasteiger partial charge in [0.05, 0.1) is 4.90 Å². The molecule has 0 unspecified atom stereocenters. The molecular formula is C16H13ClN2O2S. The topological polar surface area (TPSA) is 59.1 Å². The Hall–Kier alpha value is -2.11. The fraction of sp³-hybridized carbons (Fsp3) is 0.0625. The van der Waals surface area contributed by atoms with Crippen LogP contribution in [-0.2, 0) is 10.0 Å². The van der Waals surface area contributed by atoms with Gasteiger partial charge < -0.3 is 0 Å². The first-order valence-corrected chi connectivity index (χ1v) is 8.46. The van der Waals surface area contributed by atoms with Gasteiger partial charge in [0.25, 0.3) is 10.0 Å². The summed E-state index contributed by atoms with van der Waals surface area (Å²) >= 11 is 5.96. The molecule has 1 aromatic heterocycles. The van der Waals surface area contributed by atoms with Crippen molar-refractivity contribution < 1.29 is 8.42 Å². The molecule has 0 aliphatic heterocycles. The molecule has 0 bridgehead atoms. The summed E-state index contributed by atoms with van der Waals surface area (Å²) in [6, 6.07) is 15.4. The monoisotopic (exact) mass is 332 g/mol. The van der Waals surface area contributed by atoms with Crippen LogP contribution in [0.25, 0.3) is 10.8 Å². The van der Waals surface area contributed by atoms with Crippen molar-refractivity contribution in [1.29, 1.82) is 0 Å². The lowest BCUT2D eigenvalue weighted by Crippen LogP contribution is -2.14. The van der Waals surface area contributed by atoms with Crippen LogP contribution in [0.5, 0.6) is 0 Å². The molecule has 3 aromatic rings. The van der Waals surface area contributed by atoms with E-state index < -0.39 is 10.0 Å². The average molecular weight is 333 g/mol. The zero-order chi connectivity index (χ0) is 15.7. The van der Waals surface area contributed by atoms with E-state index in [-0.39, 0.29) is 4.90 Å². The summed E-state index contributed by atoms with van der Waals surface area (Å²) in [5.41, 5.74) is 0.741. The van der Waals surface area contributed by atoms with Crippen LogP contribution in [0.2, 0.25) is 5.02 Å². The van der Waals surface area contributed by atoms with Crippen LogP contribution in [0.4, 0.5) is 5.82 Å². The summed E-state index contributed by atoms with van der Waals surface area (Å²) in [6.45, 7) is 1.80. The van der Waals surface area contributed by atoms with E-state index in [1.165, 1.54) is 0 Å². The molecule has 22 heavy (non-hydrogen) atoms. The van der Waals surface area contributed by atoms with E-state index in [1.54, 1.807) is 55.5 Å². The number of anilines is 1. The number of nitrogens with zero attached hydrogens (tertiary/aromatic N) is 1. The number of rotatable bonds is 3. The Bertz CT molecular complexity index is 955. The number of hydrogen-bond donors (Lipinski definition) is 1. The molecule has 0 aliphatic carbocycles. The molecule has 3 rings (SSSR count). The molecule has 0 spiro atoms. The molecule has 0 radical (unpaired) electrons. The highest BCUT2D eigenvalue weighted by Crippen LogP contribution is 2.23. The van der Waals surface area contributed by atoms with Crippen LogP contribution in [0, 0.1) is 6.92 Å². The van der Waals surface area contributed by atoms with Crippen LogP contribution >= 0.6 is 11.6 Å². The highest BCUT2D eigenvalue weighted by molar-refractivity contribution is 7.92. The molecule has 0 saturated heterocycles. The van der Waals surface area contributed by atoms with Crippen molar-refractivity contribution in [2.45, 2.75) is 11.8 Å². The number of fused-ring (bicyclic) bond motifs is 1. The van der Waals surface area contributed by atoms with E-state index in [1.807, 2.05) is 6.07 Å². The van der Waals surface area contributed by atoms with Gasteiger partial charge in [0.1, 0.15) is 5.82 Å². The third-order valence-corrected chi connectivity index (χ3v) is 4.80. The summed E-state index contributed by atoms with van der Waals surface area (Å²) in [4.78, 5) is 4.32. The first-order valence-electron chi connectivity index (χ1n) is 6.60. The number of benzene rings is 2. The van der Waals surface area contributed by atoms with Gasteiger partial charge in [0, 0.05) is 10.7 Å². The first-order chi connectivity index (χ1) is 10.4. The molecule has 0 aliphatic rings. The van der Waals surface area contributed by atoms with Gasteiger partial charge in [-0.2, -0.15) is 0 Å². The van der Waals surface area contributed by atoms with Gasteiger partial charge in [0.2, 0.25) is 0 Å². The largest absolute Gasteiger partial charge is 0.263 e. The second-order valence-corrected chi connectivity index (χ2v) is 7.04. The van der Waals surface area contributed by atoms with Gasteiger partial charge in [-0.15, -0.1) is 0 Å². The quantitative estimate of drug-likeness (QED) is 0.788. The first kappa shape index (κ1) is 14.8. The SMILES string of the molecule is Cc1cccc(NS(=O)(=O)c2ccc3ccc(Cl)cc3c2)n1. The maximum Gasteiger partial charge on any atom is 0.263 e. The molecule has 0 atom stereocenters. The maximum atomic E-state index is 12.5. The van der Waals surface area contributed by atoms with Gasteiger partial charge in [-0.3, -0.25) is 4.72 Å². The van der Waals surface area contributed by atoms with Crippen LogP contribution in [0.15, 0.2) is 59.5 Å². The minimum Gasteiger partial charge on any atom is -0.263 e. The smallest absolute Gasteiger partial charge is 0.263 e. The lowest BCUT2D eigenvalue weighted by molar-refractivity contribution is 0.601. The van der Waals surface area contributed by atoms with Crippen LogP contribution in [0.1, 0.15) is 5.69 Å². The van der Waals surface area contributed by atoms with Crippen LogP contribution in [0.3, 0.4) is 0 Å². The molecule has 0 fully saturated rings. The van der Waals surface area contributed by atoms with E-state index in [0.717, 1.165) is 16.5 Å². The fourth-order valence-electron chi connectivity index (χ4n) is 2.16. The Kier molecular flexibility index (Phi) is 3.76. The number of pyridine rings is 1. The maximum absolute atomic E-state index is 12.5. The van der Waals surface area contributed by atoms with Crippen molar-refractivity contribution in [3.63, 3.8) is 0 Å². The van der Waals surface area contributed by atoms with Crippen LogP contribution < -0.4 is 4.72 Å². The molecule has 4 nitrogen and oxygen atoms in total. The zero-order valence-electron chi connectivity index (χ0n) is 11.7. The summed E-state index contributed by atoms with van der Waals surface area (Å²) < 4.78 is 27.4. The van der Waals surface area contributed by atoms with Gasteiger partial charge in [-0.05, 0) is 54.1 Å². The van der Waals surface area contributed by atoms with Gasteiger partial charge in [0.15, 0.2) is 0 Å². The number of sulfonamides is 1. The van der Waals surface area contributed by atoms with E-state index in [4.69, 9.17) is 11.6 Å². The summed E-state index contributed by atoms with van der Waals surface area (Å²) in [5.74, 6) is 0.297. The van der Waals surface area contributed by atoms with Crippen molar-refractivity contribution in [3.05, 3.63) is 65.3 Å². The average Bonchev–Trinajstić information content (AvgIpc) is 2.46. The molecule has 1 N–H and O–H groups in total. The minimum absolute atomic E-state index is 0.172. The van der Waals surface area contributed by atoms with Crippen LogP contribution in [-0.4, -0.2) is 13.4 Å². The standard InChI is InChI=1S/C16H13ClN2O2S/c1-11-3-2-4-16(18-11)19-22(20,21)15-8-6-12-5-7-14(17)9-13(12)10-15/h2-10H,1H3,(H,18,19). The van der Waals surface area contributed by atoms with Crippen molar-refractivity contribution in [2.75, 3.05) is 4.72 Å². The molecule has 112 valence electrons. The Morgan fingerprint density at radius 1 is 1.00 bits per heavy atom. The molecule has 2 aromatic carbocycles. The van der Waals surface area contributed by atoms with Crippen molar-refractivity contribution >= 4 is 38.2 Å². The third kappa shape index (κ3) is 3.05. The van der Waals surface area contributed by atoms with E-state index in [9.17, 15) is 8.42 Å². The number of aryl methyl sites for hydroxylation is 1. The predicted molar refractivity (Wildman–Crippen MR) is 88.7 cm³/mol. The third-order valence-electron chi connectivity index (χ3n) is 3.21. The molecule has 0 saturated carbocycles. The second kappa shape index (κ2) is 5.59. The van der Waals surface area contributed by atoms with Crippen molar-refractivity contribution in [2.24, 2.45) is 0 Å². The predicted octanol–water partition coefficient (Wildman–Crippen LogP) is 4.00. The number of hydrogen-bond acceptors (Lipinski definition) is 3. The number of nitrogens with one attached hydrogen (secondary N) is 1. The molecular weight excluding hydrogens is 320 g/mol. The Morgan fingerprint density at radius 3 is 2.55 bits per heavy atom. The highest BCUT2D eigenvalue weighted by atomic mass is 35.5. The minimum atomic E-state index is -3.69. The van der Waals surface area contributed by atoms with Crippen molar-refractivity contribution in [1.82, 2.24) is 4.98 Å². The van der Waals surface area contributed by atoms with Crippen molar-refractivity contribution in [3.8, 4) is 0 Å². The normalized spacial score (nSPS) is 11.5. The summed E-state index contributed by atoms with van der Waals surface area (Å²) in [6.07, 6.45) is 0. The lowest BCUT2D eigenvalue weighted by Gasteiger charge is -2.09. The van der Waals surface area contributed by atoms with E-state index in [0.29, 0.717) is 10.8 Å². The number of aromatic nitrogens is 1. The van der Waals surface area contributed by atoms with Gasteiger partial charge in [-0.1, -0.05) is 29.8 Å². The van der Waals surface area contributed by atoms with E-state index in [2.05, 4.69) is 9.71 Å². The Balaban J connectivity index is 2.01. The molecule has 6 heteroatoms. The molecule has 1 heterocycles. The Morgan fingerprint density at radius 2 is 1.77 bits per heavy atom. The van der Waals surface area contributed by atoms with Gasteiger partial charge >= 0.3 is 0 Å². The number of halogens is 1. The van der Waals surface area contributed by atoms with E-state index >= 15 is 0 Å². The molecule has 0 amide bonds. The summed E-state index contributed by atoms with van der Waals surface area (Å²) in [7, 11) is -3.69. The fourth-order valence-corrected chi connectivity index (χ4v) is 3.38. The Labute approximate surface area is 133 Å². The highest BCUT2D eigenvalue weighted by Gasteiger charge is 2.15. The summed E-state index contributed by atoms with van der Waals surface area (Å²) in [5, 5.41) is 2.26. The second-order valence-electron chi connectivity index (χ2n) is 4.92. The zero-order valence-corrected chi connectivity index (χ0v) is 13.3.